The number of nitrogens with one attached hydrogen (secondary N) is 1. The van der Waals surface area contributed by atoms with Crippen molar-refractivity contribution in [2.45, 2.75) is 46.3 Å². The number of nitrogens with zero attached hydrogens (tertiary/aromatic N) is 3. The summed E-state index contributed by atoms with van der Waals surface area (Å²) < 4.78 is 1.98. The summed E-state index contributed by atoms with van der Waals surface area (Å²) in [6, 6.07) is 2.45. The van der Waals surface area contributed by atoms with Crippen LogP contribution in [0.15, 0.2) is 6.07 Å². The van der Waals surface area contributed by atoms with E-state index in [1.54, 1.807) is 0 Å². The fourth-order valence-corrected chi connectivity index (χ4v) is 2.29. The second-order valence-corrected chi connectivity index (χ2v) is 5.02. The Morgan fingerprint density at radius 1 is 1.50 bits per heavy atom. The predicted octanol–water partition coefficient (Wildman–Crippen LogP) is 1.25. The van der Waals surface area contributed by atoms with E-state index >= 15 is 0 Å². The highest BCUT2D eigenvalue weighted by atomic mass is 16.1. The van der Waals surface area contributed by atoms with Gasteiger partial charge >= 0.3 is 0 Å². The van der Waals surface area contributed by atoms with Crippen LogP contribution in [0.2, 0.25) is 0 Å². The summed E-state index contributed by atoms with van der Waals surface area (Å²) in [6.07, 6.45) is 1.09. The average molecular weight is 250 g/mol. The summed E-state index contributed by atoms with van der Waals surface area (Å²) in [5, 5.41) is 7.19. The second-order valence-electron chi connectivity index (χ2n) is 5.02. The van der Waals surface area contributed by atoms with Crippen LogP contribution in [0, 0.1) is 0 Å². The summed E-state index contributed by atoms with van der Waals surface area (Å²) >= 11 is 0. The Balaban J connectivity index is 2.18. The number of aromatic nitrogens is 2. The molecule has 0 fully saturated rings. The smallest absolute Gasteiger partial charge is 0.271 e. The summed E-state index contributed by atoms with van der Waals surface area (Å²) in [6.45, 7) is 9.84. The molecule has 2 heterocycles. The third-order valence-corrected chi connectivity index (χ3v) is 3.34. The molecule has 2 rings (SSSR count). The lowest BCUT2D eigenvalue weighted by atomic mass is 10.2. The highest BCUT2D eigenvalue weighted by Gasteiger charge is 2.20. The van der Waals surface area contributed by atoms with Crippen molar-refractivity contribution in [3.05, 3.63) is 17.5 Å². The number of fused-ring (bicyclic) bond motifs is 1. The van der Waals surface area contributed by atoms with Gasteiger partial charge in [0.15, 0.2) is 0 Å². The Kier molecular flexibility index (Phi) is 4.01. The Labute approximate surface area is 108 Å². The van der Waals surface area contributed by atoms with Gasteiger partial charge in [-0.2, -0.15) is 5.10 Å². The van der Waals surface area contributed by atoms with Gasteiger partial charge < -0.3 is 5.32 Å². The van der Waals surface area contributed by atoms with Crippen LogP contribution in [0.3, 0.4) is 0 Å². The molecular formula is C13H22N4O. The molecule has 0 unspecified atom stereocenters. The van der Waals surface area contributed by atoms with Crippen molar-refractivity contribution >= 4 is 5.91 Å². The number of carbonyl (C=O) groups excluding carboxylic acids is 1. The first-order valence-corrected chi connectivity index (χ1v) is 6.70. The second kappa shape index (κ2) is 5.52. The molecule has 0 aromatic carbocycles. The molecule has 0 radical (unpaired) electrons. The fraction of sp³-hybridized carbons (Fsp3) is 0.692. The van der Waals surface area contributed by atoms with E-state index in [4.69, 9.17) is 0 Å². The van der Waals surface area contributed by atoms with Crippen molar-refractivity contribution in [1.29, 1.82) is 0 Å². The molecule has 5 heteroatoms. The van der Waals surface area contributed by atoms with Crippen molar-refractivity contribution < 1.29 is 4.79 Å². The molecule has 1 aromatic rings. The van der Waals surface area contributed by atoms with E-state index in [0.717, 1.165) is 31.7 Å². The zero-order valence-electron chi connectivity index (χ0n) is 11.4. The SMILES string of the molecule is CCNC(=O)c1cc2n(n1)CCCN(C(C)C)C2. The van der Waals surface area contributed by atoms with Crippen LogP contribution in [0.1, 0.15) is 43.4 Å². The molecular weight excluding hydrogens is 228 g/mol. The summed E-state index contributed by atoms with van der Waals surface area (Å²) in [7, 11) is 0. The predicted molar refractivity (Wildman–Crippen MR) is 70.4 cm³/mol. The van der Waals surface area contributed by atoms with Crippen LogP contribution in [-0.4, -0.2) is 39.7 Å². The number of aryl methyl sites for hydroxylation is 1. The van der Waals surface area contributed by atoms with E-state index in [2.05, 4.69) is 29.2 Å². The van der Waals surface area contributed by atoms with Gasteiger partial charge in [0.2, 0.25) is 0 Å². The topological polar surface area (TPSA) is 50.2 Å². The van der Waals surface area contributed by atoms with Crippen LogP contribution in [0.5, 0.6) is 0 Å². The van der Waals surface area contributed by atoms with Gasteiger partial charge in [0.25, 0.3) is 5.91 Å². The van der Waals surface area contributed by atoms with Gasteiger partial charge in [0, 0.05) is 32.2 Å². The molecule has 1 aromatic heterocycles. The quantitative estimate of drug-likeness (QED) is 0.878. The molecule has 18 heavy (non-hydrogen) atoms. The number of carbonyl (C=O) groups is 1. The van der Waals surface area contributed by atoms with Gasteiger partial charge in [-0.3, -0.25) is 14.4 Å². The molecule has 1 N–H and O–H groups in total. The van der Waals surface area contributed by atoms with Crippen molar-refractivity contribution in [2.24, 2.45) is 0 Å². The summed E-state index contributed by atoms with van der Waals surface area (Å²) in [5.41, 5.74) is 1.68. The van der Waals surface area contributed by atoms with Crippen molar-refractivity contribution in [1.82, 2.24) is 20.0 Å². The van der Waals surface area contributed by atoms with E-state index in [-0.39, 0.29) is 5.91 Å². The first-order valence-electron chi connectivity index (χ1n) is 6.70. The Morgan fingerprint density at radius 2 is 2.28 bits per heavy atom. The minimum Gasteiger partial charge on any atom is -0.351 e. The Bertz CT molecular complexity index is 425. The Hall–Kier alpha value is -1.36. The number of hydrogen-bond acceptors (Lipinski definition) is 3. The first kappa shape index (κ1) is 13.1. The maximum absolute atomic E-state index is 11.8. The molecule has 0 saturated heterocycles. The standard InChI is InChI=1S/C13H22N4O/c1-4-14-13(18)12-8-11-9-16(10(2)3)6-5-7-17(11)15-12/h8,10H,4-7,9H2,1-3H3,(H,14,18). The van der Waals surface area contributed by atoms with Gasteiger partial charge in [-0.25, -0.2) is 0 Å². The van der Waals surface area contributed by atoms with Gasteiger partial charge in [0.05, 0.1) is 5.69 Å². The zero-order valence-corrected chi connectivity index (χ0v) is 11.4. The molecule has 1 amide bonds. The highest BCUT2D eigenvalue weighted by molar-refractivity contribution is 5.92. The molecule has 0 saturated carbocycles. The molecule has 5 nitrogen and oxygen atoms in total. The Morgan fingerprint density at radius 3 is 2.94 bits per heavy atom. The van der Waals surface area contributed by atoms with E-state index < -0.39 is 0 Å². The number of amides is 1. The molecule has 0 spiro atoms. The van der Waals surface area contributed by atoms with Crippen LogP contribution in [0.25, 0.3) is 0 Å². The maximum Gasteiger partial charge on any atom is 0.271 e. The minimum absolute atomic E-state index is 0.0748. The number of rotatable bonds is 3. The highest BCUT2D eigenvalue weighted by Crippen LogP contribution is 2.15. The number of hydrogen-bond donors (Lipinski definition) is 1. The third kappa shape index (κ3) is 2.72. The lowest BCUT2D eigenvalue weighted by Gasteiger charge is -2.23. The maximum atomic E-state index is 11.8. The van der Waals surface area contributed by atoms with Gasteiger partial charge in [-0.1, -0.05) is 0 Å². The largest absolute Gasteiger partial charge is 0.351 e. The average Bonchev–Trinajstić information content (AvgIpc) is 2.61. The lowest BCUT2D eigenvalue weighted by molar-refractivity contribution is 0.0950. The molecule has 1 aliphatic rings. The molecule has 1 aliphatic heterocycles. The zero-order chi connectivity index (χ0) is 13.1. The third-order valence-electron chi connectivity index (χ3n) is 3.34. The van der Waals surface area contributed by atoms with Crippen LogP contribution in [-0.2, 0) is 13.1 Å². The molecule has 0 aliphatic carbocycles. The van der Waals surface area contributed by atoms with Gasteiger partial charge in [0.1, 0.15) is 5.69 Å². The van der Waals surface area contributed by atoms with Crippen molar-refractivity contribution in [3.63, 3.8) is 0 Å². The normalized spacial score (nSPS) is 16.4. The van der Waals surface area contributed by atoms with Crippen LogP contribution < -0.4 is 5.32 Å². The monoisotopic (exact) mass is 250 g/mol. The van der Waals surface area contributed by atoms with Crippen molar-refractivity contribution in [3.8, 4) is 0 Å². The van der Waals surface area contributed by atoms with E-state index in [1.807, 2.05) is 17.7 Å². The lowest BCUT2D eigenvalue weighted by Crippen LogP contribution is -2.30. The van der Waals surface area contributed by atoms with Crippen LogP contribution in [0.4, 0.5) is 0 Å². The minimum atomic E-state index is -0.0748. The van der Waals surface area contributed by atoms with E-state index in [9.17, 15) is 4.79 Å². The van der Waals surface area contributed by atoms with Gasteiger partial charge in [-0.15, -0.1) is 0 Å². The van der Waals surface area contributed by atoms with Crippen molar-refractivity contribution in [2.75, 3.05) is 13.1 Å². The van der Waals surface area contributed by atoms with Crippen LogP contribution >= 0.6 is 0 Å². The fourth-order valence-electron chi connectivity index (χ4n) is 2.29. The first-order chi connectivity index (χ1) is 8.61. The molecule has 0 atom stereocenters. The summed E-state index contributed by atoms with van der Waals surface area (Å²) in [4.78, 5) is 14.2. The van der Waals surface area contributed by atoms with Gasteiger partial charge in [-0.05, 0) is 33.3 Å². The molecule has 0 bridgehead atoms. The van der Waals surface area contributed by atoms with E-state index in [0.29, 0.717) is 18.3 Å². The van der Waals surface area contributed by atoms with E-state index in [1.165, 1.54) is 0 Å². The molecule has 100 valence electrons. The summed E-state index contributed by atoms with van der Waals surface area (Å²) in [5.74, 6) is -0.0748.